The summed E-state index contributed by atoms with van der Waals surface area (Å²) in [6, 6.07) is 3.64. The van der Waals surface area contributed by atoms with Gasteiger partial charge in [0.1, 0.15) is 13.2 Å². The van der Waals surface area contributed by atoms with Crippen LogP contribution in [0.15, 0.2) is 18.2 Å². The van der Waals surface area contributed by atoms with Gasteiger partial charge in [-0.3, -0.25) is 10.1 Å². The van der Waals surface area contributed by atoms with Gasteiger partial charge in [-0.25, -0.2) is 22.3 Å². The summed E-state index contributed by atoms with van der Waals surface area (Å²) in [6.45, 7) is 3.47. The summed E-state index contributed by atoms with van der Waals surface area (Å²) >= 11 is 0. The van der Waals surface area contributed by atoms with E-state index in [0.717, 1.165) is 19.4 Å². The average molecular weight is 471 g/mol. The van der Waals surface area contributed by atoms with Gasteiger partial charge in [-0.2, -0.15) is 0 Å². The second-order valence-electron chi connectivity index (χ2n) is 8.29. The number of amides is 3. The fourth-order valence-corrected chi connectivity index (χ4v) is 5.20. The van der Waals surface area contributed by atoms with Gasteiger partial charge in [0, 0.05) is 18.6 Å². The van der Waals surface area contributed by atoms with Crippen molar-refractivity contribution in [1.29, 1.82) is 0 Å². The van der Waals surface area contributed by atoms with E-state index in [0.29, 0.717) is 38.0 Å². The quantitative estimate of drug-likeness (QED) is 0.316. The third kappa shape index (κ3) is 7.14. The third-order valence-corrected chi connectivity index (χ3v) is 7.16. The Balaban J connectivity index is 1.43. The highest BCUT2D eigenvalue weighted by molar-refractivity contribution is 7.89. The molecule has 3 N–H and O–H groups in total. The topological polar surface area (TPSA) is 117 Å². The minimum atomic E-state index is -3.54. The summed E-state index contributed by atoms with van der Waals surface area (Å²) in [5, 5.41) is 5.49. The standard InChI is InChI=1S/C21H31FN4O5S/c1-15(16-7-8-18(22)19(12-16)31-14-17-6-5-9-23-17)25-32(29,30)11-4-2-3-10-26-13-20(27)24-21(26)28/h7-8,12,15,17,23,25H,2-6,9-11,13-14H2,1H3,(H,24,27,28)/t15-,17-/m1/s1. The molecule has 0 aliphatic carbocycles. The number of sulfonamides is 1. The van der Waals surface area contributed by atoms with Crippen LogP contribution in [-0.4, -0.2) is 63.3 Å². The number of imide groups is 1. The molecule has 0 radical (unpaired) electrons. The third-order valence-electron chi connectivity index (χ3n) is 5.62. The molecule has 3 amide bonds. The van der Waals surface area contributed by atoms with Crippen LogP contribution >= 0.6 is 0 Å². The molecule has 0 saturated carbocycles. The maximum atomic E-state index is 14.1. The molecule has 2 atom stereocenters. The maximum Gasteiger partial charge on any atom is 0.324 e. The first-order chi connectivity index (χ1) is 15.2. The molecule has 9 nitrogen and oxygen atoms in total. The molecule has 2 saturated heterocycles. The Morgan fingerprint density at radius 3 is 2.78 bits per heavy atom. The van der Waals surface area contributed by atoms with Crippen LogP contribution in [0, 0.1) is 5.82 Å². The number of carbonyl (C=O) groups is 2. The zero-order valence-corrected chi connectivity index (χ0v) is 19.0. The molecule has 0 aromatic heterocycles. The number of benzene rings is 1. The Morgan fingerprint density at radius 2 is 2.09 bits per heavy atom. The van der Waals surface area contributed by atoms with Crippen LogP contribution in [0.4, 0.5) is 9.18 Å². The molecule has 32 heavy (non-hydrogen) atoms. The summed E-state index contributed by atoms with van der Waals surface area (Å²) < 4.78 is 47.2. The number of urea groups is 1. The van der Waals surface area contributed by atoms with Gasteiger partial charge in [-0.05, 0) is 56.8 Å². The molecule has 178 valence electrons. The predicted molar refractivity (Wildman–Crippen MR) is 117 cm³/mol. The molecule has 2 aliphatic heterocycles. The molecule has 2 heterocycles. The molecule has 0 spiro atoms. The van der Waals surface area contributed by atoms with E-state index >= 15 is 0 Å². The lowest BCUT2D eigenvalue weighted by Crippen LogP contribution is -2.30. The summed E-state index contributed by atoms with van der Waals surface area (Å²) in [5.74, 6) is -0.734. The van der Waals surface area contributed by atoms with Crippen LogP contribution in [0.5, 0.6) is 5.75 Å². The molecule has 0 bridgehead atoms. The van der Waals surface area contributed by atoms with Gasteiger partial charge in [0.15, 0.2) is 11.6 Å². The van der Waals surface area contributed by atoms with Crippen molar-refractivity contribution in [1.82, 2.24) is 20.3 Å². The van der Waals surface area contributed by atoms with E-state index in [1.54, 1.807) is 19.1 Å². The maximum absolute atomic E-state index is 14.1. The summed E-state index contributed by atoms with van der Waals surface area (Å²) in [4.78, 5) is 24.0. The number of halogens is 1. The lowest BCUT2D eigenvalue weighted by molar-refractivity contribution is -0.118. The van der Waals surface area contributed by atoms with Crippen molar-refractivity contribution < 1.29 is 27.1 Å². The van der Waals surface area contributed by atoms with E-state index in [2.05, 4.69) is 15.4 Å². The number of hydrogen-bond acceptors (Lipinski definition) is 6. The Bertz CT molecular complexity index is 921. The molecular weight excluding hydrogens is 439 g/mol. The van der Waals surface area contributed by atoms with Gasteiger partial charge < -0.3 is 15.0 Å². The minimum absolute atomic E-state index is 0.0523. The number of nitrogens with one attached hydrogen (secondary N) is 3. The molecular formula is C21H31FN4O5S. The minimum Gasteiger partial charge on any atom is -0.489 e. The smallest absolute Gasteiger partial charge is 0.324 e. The summed E-state index contributed by atoms with van der Waals surface area (Å²) in [7, 11) is -3.54. The Kier molecular flexibility index (Phi) is 8.44. The lowest BCUT2D eigenvalue weighted by atomic mass is 10.1. The second-order valence-corrected chi connectivity index (χ2v) is 10.2. The number of ether oxygens (including phenoxy) is 1. The van der Waals surface area contributed by atoms with Gasteiger partial charge >= 0.3 is 6.03 Å². The van der Waals surface area contributed by atoms with Crippen LogP contribution in [0.1, 0.15) is 50.6 Å². The highest BCUT2D eigenvalue weighted by atomic mass is 32.2. The van der Waals surface area contributed by atoms with E-state index in [1.807, 2.05) is 0 Å². The first kappa shape index (κ1) is 24.4. The van der Waals surface area contributed by atoms with Crippen molar-refractivity contribution in [2.45, 2.75) is 51.1 Å². The first-order valence-corrected chi connectivity index (χ1v) is 12.6. The van der Waals surface area contributed by atoms with Gasteiger partial charge in [-0.15, -0.1) is 0 Å². The first-order valence-electron chi connectivity index (χ1n) is 11.0. The Labute approximate surface area is 188 Å². The normalized spacial score (nSPS) is 19.9. The van der Waals surface area contributed by atoms with E-state index in [9.17, 15) is 22.4 Å². The van der Waals surface area contributed by atoms with Crippen LogP contribution in [0.3, 0.4) is 0 Å². The van der Waals surface area contributed by atoms with Crippen LogP contribution in [-0.2, 0) is 14.8 Å². The van der Waals surface area contributed by atoms with E-state index < -0.39 is 27.9 Å². The van der Waals surface area contributed by atoms with Crippen molar-refractivity contribution in [3.63, 3.8) is 0 Å². The van der Waals surface area contributed by atoms with Crippen molar-refractivity contribution in [3.05, 3.63) is 29.6 Å². The molecule has 3 rings (SSSR count). The van der Waals surface area contributed by atoms with Crippen molar-refractivity contribution >= 4 is 22.0 Å². The molecule has 2 fully saturated rings. The Hall–Kier alpha value is -2.24. The Morgan fingerprint density at radius 1 is 1.28 bits per heavy atom. The SMILES string of the molecule is C[C@@H](NS(=O)(=O)CCCCCN1CC(=O)NC1=O)c1ccc(F)c(OC[C@H]2CCCN2)c1. The van der Waals surface area contributed by atoms with Crippen LogP contribution in [0.25, 0.3) is 0 Å². The van der Waals surface area contributed by atoms with Gasteiger partial charge in [-0.1, -0.05) is 12.5 Å². The van der Waals surface area contributed by atoms with Crippen LogP contribution in [0.2, 0.25) is 0 Å². The fraction of sp³-hybridized carbons (Fsp3) is 0.619. The van der Waals surface area contributed by atoms with Crippen molar-refractivity contribution in [2.24, 2.45) is 0 Å². The van der Waals surface area contributed by atoms with Gasteiger partial charge in [0.2, 0.25) is 15.9 Å². The summed E-state index contributed by atoms with van der Waals surface area (Å²) in [6.07, 6.45) is 3.71. The number of unbranched alkanes of at least 4 members (excludes halogenated alkanes) is 2. The summed E-state index contributed by atoms with van der Waals surface area (Å²) in [5.41, 5.74) is 0.620. The molecule has 0 unspecified atom stereocenters. The van der Waals surface area contributed by atoms with Crippen molar-refractivity contribution in [3.8, 4) is 5.75 Å². The number of rotatable bonds is 12. The number of hydrogen-bond donors (Lipinski definition) is 3. The highest BCUT2D eigenvalue weighted by Gasteiger charge is 2.25. The van der Waals surface area contributed by atoms with E-state index in [1.165, 1.54) is 11.0 Å². The second kappa shape index (κ2) is 11.1. The highest BCUT2D eigenvalue weighted by Crippen LogP contribution is 2.24. The zero-order valence-electron chi connectivity index (χ0n) is 18.2. The van der Waals surface area contributed by atoms with Crippen LogP contribution < -0.4 is 20.1 Å². The molecule has 2 aliphatic rings. The van der Waals surface area contributed by atoms with E-state index in [4.69, 9.17) is 4.74 Å². The molecule has 11 heteroatoms. The average Bonchev–Trinajstić information content (AvgIpc) is 3.35. The number of carbonyl (C=O) groups excluding carboxylic acids is 2. The lowest BCUT2D eigenvalue weighted by Gasteiger charge is -2.17. The monoisotopic (exact) mass is 470 g/mol. The predicted octanol–water partition coefficient (Wildman–Crippen LogP) is 1.66. The van der Waals surface area contributed by atoms with Crippen molar-refractivity contribution in [2.75, 3.05) is 32.0 Å². The molecule has 1 aromatic carbocycles. The zero-order chi connectivity index (χ0) is 23.1. The van der Waals surface area contributed by atoms with Gasteiger partial charge in [0.25, 0.3) is 0 Å². The van der Waals surface area contributed by atoms with E-state index in [-0.39, 0.29) is 30.0 Å². The number of nitrogens with zero attached hydrogens (tertiary/aromatic N) is 1. The fourth-order valence-electron chi connectivity index (χ4n) is 3.82. The van der Waals surface area contributed by atoms with Gasteiger partial charge in [0.05, 0.1) is 5.75 Å². The molecule has 1 aromatic rings. The largest absolute Gasteiger partial charge is 0.489 e.